The number of hydrogen-bond acceptors (Lipinski definition) is 6. The molecule has 1 aliphatic rings. The molecule has 1 aliphatic carbocycles. The zero-order valence-corrected chi connectivity index (χ0v) is 18.8. The Hall–Kier alpha value is -3.61. The van der Waals surface area contributed by atoms with Crippen molar-refractivity contribution in [2.24, 2.45) is 0 Å². The Labute approximate surface area is 193 Å². The third-order valence-corrected chi connectivity index (χ3v) is 5.84. The minimum atomic E-state index is -0.792. The number of carboxylic acid groups (broad SMARTS) is 1. The molecule has 0 aliphatic heterocycles. The summed E-state index contributed by atoms with van der Waals surface area (Å²) in [4.78, 5) is 19.5. The molecule has 4 rings (SSSR count). The van der Waals surface area contributed by atoms with Crippen molar-refractivity contribution in [3.8, 4) is 22.8 Å². The molecule has 2 aromatic carbocycles. The second kappa shape index (κ2) is 10.8. The Morgan fingerprint density at radius 3 is 2.52 bits per heavy atom. The molecule has 1 heterocycles. The van der Waals surface area contributed by atoms with E-state index in [9.17, 15) is 4.79 Å². The zero-order valence-electron chi connectivity index (χ0n) is 18.8. The third kappa shape index (κ3) is 6.22. The Bertz CT molecular complexity index is 1080. The first-order chi connectivity index (χ1) is 16.1. The van der Waals surface area contributed by atoms with Crippen molar-refractivity contribution in [3.05, 3.63) is 66.0 Å². The monoisotopic (exact) mass is 447 g/mol. The highest BCUT2D eigenvalue weighted by atomic mass is 16.5. The molecule has 172 valence electrons. The number of benzene rings is 2. The highest BCUT2D eigenvalue weighted by molar-refractivity contribution is 5.67. The summed E-state index contributed by atoms with van der Waals surface area (Å²) in [5.41, 5.74) is 3.82. The molecule has 0 saturated heterocycles. The van der Waals surface area contributed by atoms with Crippen LogP contribution in [0.25, 0.3) is 11.3 Å². The van der Waals surface area contributed by atoms with Crippen molar-refractivity contribution in [3.63, 3.8) is 0 Å². The molecule has 0 spiro atoms. The quantitative estimate of drug-likeness (QED) is 0.446. The summed E-state index contributed by atoms with van der Waals surface area (Å²) >= 11 is 0. The summed E-state index contributed by atoms with van der Waals surface area (Å²) in [6, 6.07) is 15.7. The molecule has 0 bridgehead atoms. The molecule has 0 atom stereocenters. The summed E-state index contributed by atoms with van der Waals surface area (Å²) in [7, 11) is 1.66. The third-order valence-electron chi connectivity index (χ3n) is 5.84. The average molecular weight is 448 g/mol. The van der Waals surface area contributed by atoms with Gasteiger partial charge in [0, 0.05) is 24.6 Å². The molecular weight excluding hydrogens is 418 g/mol. The molecule has 0 amide bonds. The van der Waals surface area contributed by atoms with E-state index in [2.05, 4.69) is 15.3 Å². The molecule has 7 heteroatoms. The van der Waals surface area contributed by atoms with Crippen LogP contribution in [0.3, 0.4) is 0 Å². The van der Waals surface area contributed by atoms with E-state index < -0.39 is 5.97 Å². The van der Waals surface area contributed by atoms with Crippen molar-refractivity contribution in [2.45, 2.75) is 51.2 Å². The number of ether oxygens (including phenoxy) is 2. The van der Waals surface area contributed by atoms with Crippen LogP contribution >= 0.6 is 0 Å². The van der Waals surface area contributed by atoms with E-state index in [4.69, 9.17) is 14.6 Å². The van der Waals surface area contributed by atoms with Crippen LogP contribution < -0.4 is 14.8 Å². The summed E-state index contributed by atoms with van der Waals surface area (Å²) in [6.07, 6.45) is 7.07. The number of anilines is 1. The van der Waals surface area contributed by atoms with Gasteiger partial charge in [0.25, 0.3) is 0 Å². The van der Waals surface area contributed by atoms with E-state index in [1.165, 1.54) is 12.8 Å². The lowest BCUT2D eigenvalue weighted by molar-refractivity contribution is -0.136. The number of rotatable bonds is 10. The van der Waals surface area contributed by atoms with Gasteiger partial charge in [0.15, 0.2) is 11.5 Å². The van der Waals surface area contributed by atoms with Gasteiger partial charge in [-0.3, -0.25) is 4.79 Å². The number of nitrogens with zero attached hydrogens (tertiary/aromatic N) is 2. The van der Waals surface area contributed by atoms with E-state index in [0.29, 0.717) is 13.0 Å². The molecule has 0 unspecified atom stereocenters. The number of carbonyl (C=O) groups is 1. The van der Waals surface area contributed by atoms with Gasteiger partial charge in [0.1, 0.15) is 12.1 Å². The molecule has 1 aromatic heterocycles. The van der Waals surface area contributed by atoms with Crippen molar-refractivity contribution >= 4 is 11.8 Å². The standard InChI is InChI=1S/C26H29N3O4/c1-32-23-12-8-19(14-24(23)33-21-4-2-3-5-21)16-27-25-15-22(28-17-29-25)20-10-6-18(7-11-20)9-13-26(30)31/h6-8,10-12,14-15,17,21H,2-5,9,13,16H2,1H3,(H,30,31)(H,27,28,29). The Morgan fingerprint density at radius 1 is 1.03 bits per heavy atom. The topological polar surface area (TPSA) is 93.6 Å². The van der Waals surface area contributed by atoms with Crippen LogP contribution in [0.2, 0.25) is 0 Å². The molecular formula is C26H29N3O4. The largest absolute Gasteiger partial charge is 0.493 e. The minimum Gasteiger partial charge on any atom is -0.493 e. The van der Waals surface area contributed by atoms with Crippen molar-refractivity contribution in [1.82, 2.24) is 9.97 Å². The van der Waals surface area contributed by atoms with Crippen molar-refractivity contribution in [1.29, 1.82) is 0 Å². The highest BCUT2D eigenvalue weighted by Crippen LogP contribution is 2.32. The van der Waals surface area contributed by atoms with E-state index in [1.54, 1.807) is 13.4 Å². The molecule has 0 radical (unpaired) electrons. The fourth-order valence-electron chi connectivity index (χ4n) is 4.01. The second-order valence-corrected chi connectivity index (χ2v) is 8.24. The maximum atomic E-state index is 10.8. The fourth-order valence-corrected chi connectivity index (χ4v) is 4.01. The van der Waals surface area contributed by atoms with Crippen LogP contribution in [0.15, 0.2) is 54.9 Å². The summed E-state index contributed by atoms with van der Waals surface area (Å²) in [5, 5.41) is 12.2. The SMILES string of the molecule is COc1ccc(CNc2cc(-c3ccc(CCC(=O)O)cc3)ncn2)cc1OC1CCCC1. The maximum absolute atomic E-state index is 10.8. The van der Waals surface area contributed by atoms with Crippen LogP contribution in [0, 0.1) is 0 Å². The second-order valence-electron chi connectivity index (χ2n) is 8.24. The van der Waals surface area contributed by atoms with Gasteiger partial charge in [-0.15, -0.1) is 0 Å². The van der Waals surface area contributed by atoms with Crippen LogP contribution in [0.4, 0.5) is 5.82 Å². The maximum Gasteiger partial charge on any atom is 0.303 e. The van der Waals surface area contributed by atoms with E-state index in [0.717, 1.165) is 52.5 Å². The normalized spacial score (nSPS) is 13.6. The van der Waals surface area contributed by atoms with Gasteiger partial charge in [-0.05, 0) is 55.4 Å². The lowest BCUT2D eigenvalue weighted by Crippen LogP contribution is -2.12. The molecule has 3 aromatic rings. The Balaban J connectivity index is 1.41. The Morgan fingerprint density at radius 2 is 1.79 bits per heavy atom. The first-order valence-electron chi connectivity index (χ1n) is 11.3. The lowest BCUT2D eigenvalue weighted by Gasteiger charge is -2.17. The lowest BCUT2D eigenvalue weighted by atomic mass is 10.1. The van der Waals surface area contributed by atoms with Crippen LogP contribution in [0.1, 0.15) is 43.2 Å². The number of aromatic nitrogens is 2. The Kier molecular flexibility index (Phi) is 7.40. The van der Waals surface area contributed by atoms with Gasteiger partial charge in [0.2, 0.25) is 0 Å². The number of aliphatic carboxylic acids is 1. The summed E-state index contributed by atoms with van der Waals surface area (Å²) in [5.74, 6) is 1.47. The van der Waals surface area contributed by atoms with E-state index in [-0.39, 0.29) is 12.5 Å². The molecule has 7 nitrogen and oxygen atoms in total. The first kappa shape index (κ1) is 22.6. The van der Waals surface area contributed by atoms with Crippen molar-refractivity contribution < 1.29 is 19.4 Å². The van der Waals surface area contributed by atoms with Gasteiger partial charge >= 0.3 is 5.97 Å². The predicted octanol–water partition coefficient (Wildman–Crippen LogP) is 5.10. The molecule has 2 N–H and O–H groups in total. The predicted molar refractivity (Wildman–Crippen MR) is 127 cm³/mol. The van der Waals surface area contributed by atoms with E-state index >= 15 is 0 Å². The highest BCUT2D eigenvalue weighted by Gasteiger charge is 2.18. The van der Waals surface area contributed by atoms with E-state index in [1.807, 2.05) is 48.5 Å². The van der Waals surface area contributed by atoms with Gasteiger partial charge < -0.3 is 19.9 Å². The number of aryl methyl sites for hydroxylation is 1. The van der Waals surface area contributed by atoms with Gasteiger partial charge in [-0.2, -0.15) is 0 Å². The smallest absolute Gasteiger partial charge is 0.303 e. The van der Waals surface area contributed by atoms with Crippen LogP contribution in [-0.4, -0.2) is 34.3 Å². The van der Waals surface area contributed by atoms with Crippen molar-refractivity contribution in [2.75, 3.05) is 12.4 Å². The van der Waals surface area contributed by atoms with Gasteiger partial charge in [0.05, 0.1) is 18.9 Å². The zero-order chi connectivity index (χ0) is 23.0. The minimum absolute atomic E-state index is 0.125. The summed E-state index contributed by atoms with van der Waals surface area (Å²) < 4.78 is 11.7. The number of carboxylic acids is 1. The van der Waals surface area contributed by atoms with Crippen LogP contribution in [0.5, 0.6) is 11.5 Å². The van der Waals surface area contributed by atoms with Crippen LogP contribution in [-0.2, 0) is 17.8 Å². The molecule has 1 saturated carbocycles. The average Bonchev–Trinajstić information content (AvgIpc) is 3.35. The van der Waals surface area contributed by atoms with Gasteiger partial charge in [-0.1, -0.05) is 30.3 Å². The molecule has 33 heavy (non-hydrogen) atoms. The molecule has 1 fully saturated rings. The first-order valence-corrected chi connectivity index (χ1v) is 11.3. The number of hydrogen-bond donors (Lipinski definition) is 2. The number of methoxy groups -OCH3 is 1. The number of nitrogens with one attached hydrogen (secondary N) is 1. The fraction of sp³-hybridized carbons (Fsp3) is 0.346. The van der Waals surface area contributed by atoms with Gasteiger partial charge in [-0.25, -0.2) is 9.97 Å². The summed E-state index contributed by atoms with van der Waals surface area (Å²) in [6.45, 7) is 0.593.